The van der Waals surface area contributed by atoms with E-state index in [1.54, 1.807) is 13.3 Å². The Morgan fingerprint density at radius 2 is 0.818 bits per heavy atom. The van der Waals surface area contributed by atoms with Gasteiger partial charge in [0.05, 0.1) is 19.8 Å². The fourth-order valence-corrected chi connectivity index (χ4v) is 13.3. The van der Waals surface area contributed by atoms with Crippen LogP contribution in [0.15, 0.2) is 256 Å². The average Bonchev–Trinajstić information content (AvgIpc) is 1.64. The van der Waals surface area contributed by atoms with Crippen molar-refractivity contribution in [3.05, 3.63) is 301 Å². The third-order valence-electron chi connectivity index (χ3n) is 18.9. The zero-order valence-corrected chi connectivity index (χ0v) is 60.5. The Hall–Kier alpha value is -11.4. The van der Waals surface area contributed by atoms with E-state index >= 15 is 0 Å². The third-order valence-corrected chi connectivity index (χ3v) is 18.9. The van der Waals surface area contributed by atoms with E-state index in [4.69, 9.17) is 9.47 Å². The highest BCUT2D eigenvalue weighted by Crippen LogP contribution is 2.29. The molecule has 17 aromatic rings. The summed E-state index contributed by atoms with van der Waals surface area (Å²) in [7, 11) is 19.6. The van der Waals surface area contributed by atoms with Gasteiger partial charge in [-0.25, -0.2) is 4.79 Å². The molecule has 0 fully saturated rings. The van der Waals surface area contributed by atoms with Crippen molar-refractivity contribution >= 4 is 110 Å². The maximum Gasteiger partial charge on any atom is 0.340 e. The van der Waals surface area contributed by atoms with Crippen molar-refractivity contribution in [2.24, 2.45) is 56.4 Å². The van der Waals surface area contributed by atoms with Crippen molar-refractivity contribution in [1.82, 2.24) is 36.5 Å². The van der Waals surface area contributed by atoms with Gasteiger partial charge in [0.25, 0.3) is 0 Å². The van der Waals surface area contributed by atoms with Gasteiger partial charge in [-0.2, -0.15) is 0 Å². The van der Waals surface area contributed by atoms with Crippen LogP contribution in [0.1, 0.15) is 56.4 Å². The second-order valence-corrected chi connectivity index (χ2v) is 25.3. The summed E-state index contributed by atoms with van der Waals surface area (Å²) in [5.74, 6) is 0.621. The van der Waals surface area contributed by atoms with Gasteiger partial charge in [-0.05, 0) is 148 Å². The summed E-state index contributed by atoms with van der Waals surface area (Å²) in [5.41, 5.74) is 21.5. The lowest BCUT2D eigenvalue weighted by Gasteiger charge is -1.99. The molecule has 504 valence electrons. The van der Waals surface area contributed by atoms with Crippen LogP contribution >= 0.6 is 0 Å². The number of aromatic nitrogens is 8. The number of hydrogen-bond donors (Lipinski definition) is 0. The third kappa shape index (κ3) is 15.4. The van der Waals surface area contributed by atoms with E-state index in [-0.39, 0.29) is 5.97 Å². The molecule has 99 heavy (non-hydrogen) atoms. The molecule has 0 radical (unpaired) electrons. The number of hydrogen-bond acceptors (Lipinski definition) is 3. The van der Waals surface area contributed by atoms with Gasteiger partial charge in [0.2, 0.25) is 0 Å². The normalized spacial score (nSPS) is 10.7. The number of carbonyl (C=O) groups excluding carboxylic acids is 1. The summed E-state index contributed by atoms with van der Waals surface area (Å²) in [4.78, 5) is 11.4. The van der Waals surface area contributed by atoms with Crippen LogP contribution in [0.5, 0.6) is 5.75 Å². The minimum Gasteiger partial charge on any atom is -0.497 e. The van der Waals surface area contributed by atoms with Crippen LogP contribution in [0.2, 0.25) is 0 Å². The second-order valence-electron chi connectivity index (χ2n) is 25.3. The Balaban J connectivity index is 0.000000123. The van der Waals surface area contributed by atoms with Gasteiger partial charge in [-0.3, -0.25) is 0 Å². The van der Waals surface area contributed by atoms with Crippen molar-refractivity contribution < 1.29 is 14.3 Å². The number of rotatable bonds is 4. The fourth-order valence-electron chi connectivity index (χ4n) is 13.3. The lowest BCUT2D eigenvalue weighted by atomic mass is 10.1. The molecule has 8 heterocycles. The molecule has 0 aliphatic carbocycles. The first-order chi connectivity index (χ1) is 47.8. The van der Waals surface area contributed by atoms with Crippen molar-refractivity contribution in [3.8, 4) is 5.75 Å². The SMILES string of the molecule is C=Cc1cn(C)c2ccccc12.CCc1cn(C)c2ccccc12.COC(=O)c1cn(C)c2ccccc12.COc1ccc2c(ccn2C)c1.Cc1c(C)n(C)c2ccccc12.Cc1ccc2c(c1)c(C)cn2C.Cc1cn(C)c2ccccc12.Cn1c2ccccc2c2ccccc21. The van der Waals surface area contributed by atoms with Gasteiger partial charge in [0, 0.05) is 197 Å². The number of nitrogens with zero attached hydrogens (tertiary/aromatic N) is 8. The smallest absolute Gasteiger partial charge is 0.340 e. The molecular weight excluding hydrogens is 1220 g/mol. The Kier molecular flexibility index (Phi) is 22.5. The lowest BCUT2D eigenvalue weighted by Crippen LogP contribution is -1.99. The highest BCUT2D eigenvalue weighted by molar-refractivity contribution is 6.08. The molecule has 8 aromatic heterocycles. The van der Waals surface area contributed by atoms with E-state index in [0.29, 0.717) is 5.56 Å². The van der Waals surface area contributed by atoms with E-state index < -0.39 is 0 Å². The predicted octanol–water partition coefficient (Wildman–Crippen LogP) is 21.1. The highest BCUT2D eigenvalue weighted by atomic mass is 16.5. The molecule has 0 atom stereocenters. The molecule has 0 spiro atoms. The van der Waals surface area contributed by atoms with Crippen LogP contribution in [0, 0.1) is 34.6 Å². The quantitative estimate of drug-likeness (QED) is 0.165. The zero-order valence-electron chi connectivity index (χ0n) is 60.5. The van der Waals surface area contributed by atoms with Crippen LogP contribution < -0.4 is 4.74 Å². The van der Waals surface area contributed by atoms with Gasteiger partial charge in [0.1, 0.15) is 5.75 Å². The molecule has 0 aliphatic rings. The Labute approximate surface area is 582 Å². The largest absolute Gasteiger partial charge is 0.497 e. The van der Waals surface area contributed by atoms with E-state index in [0.717, 1.165) is 23.1 Å². The van der Waals surface area contributed by atoms with Crippen LogP contribution in [0.4, 0.5) is 0 Å². The minimum absolute atomic E-state index is 0.290. The van der Waals surface area contributed by atoms with Crippen molar-refractivity contribution in [1.29, 1.82) is 0 Å². The molecule has 0 bridgehead atoms. The lowest BCUT2D eigenvalue weighted by molar-refractivity contribution is 0.0602. The van der Waals surface area contributed by atoms with Crippen LogP contribution in [0.25, 0.3) is 104 Å². The van der Waals surface area contributed by atoms with Crippen molar-refractivity contribution in [3.63, 3.8) is 0 Å². The highest BCUT2D eigenvalue weighted by Gasteiger charge is 2.14. The van der Waals surface area contributed by atoms with Crippen LogP contribution in [0.3, 0.4) is 0 Å². The van der Waals surface area contributed by atoms with Crippen molar-refractivity contribution in [2.45, 2.75) is 48.0 Å². The number of methoxy groups -OCH3 is 2. The number of fused-ring (bicyclic) bond motifs is 10. The monoisotopic (exact) mass is 1310 g/mol. The number of ether oxygens (including phenoxy) is 2. The minimum atomic E-state index is -0.290. The first-order valence-corrected chi connectivity index (χ1v) is 33.6. The Morgan fingerprint density at radius 1 is 0.394 bits per heavy atom. The van der Waals surface area contributed by atoms with E-state index in [2.05, 4.69) is 323 Å². The van der Waals surface area contributed by atoms with Gasteiger partial charge >= 0.3 is 5.97 Å². The molecule has 17 rings (SSSR count). The first kappa shape index (κ1) is 70.4. The van der Waals surface area contributed by atoms with E-state index in [9.17, 15) is 4.79 Å². The maximum atomic E-state index is 11.4. The summed E-state index contributed by atoms with van der Waals surface area (Å²) in [5, 5.41) is 11.6. The Bertz CT molecular complexity index is 5500. The summed E-state index contributed by atoms with van der Waals surface area (Å²) in [6.45, 7) is 16.7. The van der Waals surface area contributed by atoms with Gasteiger partial charge in [-0.1, -0.05) is 159 Å². The fraction of sp³-hybridized carbons (Fsp3) is 0.193. The molecule has 0 saturated heterocycles. The maximum absolute atomic E-state index is 11.4. The van der Waals surface area contributed by atoms with Gasteiger partial charge in [-0.15, -0.1) is 0 Å². The second kappa shape index (κ2) is 31.6. The molecule has 11 heteroatoms. The summed E-state index contributed by atoms with van der Waals surface area (Å²) in [6, 6.07) is 73.3. The Morgan fingerprint density at radius 3 is 1.35 bits per heavy atom. The molecule has 0 amide bonds. The number of para-hydroxylation sites is 7. The summed E-state index contributed by atoms with van der Waals surface area (Å²) in [6.07, 6.45) is 15.5. The van der Waals surface area contributed by atoms with Crippen LogP contribution in [-0.4, -0.2) is 56.7 Å². The number of carbonyl (C=O) groups is 1. The van der Waals surface area contributed by atoms with E-state index in [1.165, 1.54) is 133 Å². The molecular formula is C88H94N8O3. The van der Waals surface area contributed by atoms with Crippen LogP contribution in [-0.2, 0) is 67.5 Å². The number of aryl methyl sites for hydroxylation is 13. The van der Waals surface area contributed by atoms with Gasteiger partial charge in [0.15, 0.2) is 0 Å². The summed E-state index contributed by atoms with van der Waals surface area (Å²) < 4.78 is 27.0. The summed E-state index contributed by atoms with van der Waals surface area (Å²) >= 11 is 0. The standard InChI is InChI=1S/C13H11N.C11H11NO2.3C11H13N.C11H11N.C10H11NO.C10H11N/c1-14-12-8-4-2-6-10(12)11-7-3-5-9-13(11)14;1-12-7-9(11(13)14-2)8-5-3-4-6-10(8)12;1-8-4-5-11-10(6-8)9(2)7-12(11)3;1-8-9(2)12(3)11-7-5-4-6-10(8)11;2*1-3-9-8-12(2)11-7-5-4-6-10(9)11;1-11-6-5-8-7-9(12-2)3-4-10(8)11;1-8-7-11(2)10-6-4-3-5-9(8)10/h2-9H,1H3;3-7H,1-2H3;2*4-7H,1-3H3;4-8H,3H2,1-2H3;3-8H,1H2,2H3;3-7H,1-2H3;3-7H,1-2H3. The number of esters is 1. The zero-order chi connectivity index (χ0) is 70.6. The average molecular weight is 1310 g/mol. The predicted molar refractivity (Wildman–Crippen MR) is 422 cm³/mol. The van der Waals surface area contributed by atoms with E-state index in [1.807, 2.05) is 67.3 Å². The molecule has 0 saturated carbocycles. The van der Waals surface area contributed by atoms with Gasteiger partial charge < -0.3 is 46.0 Å². The molecule has 9 aromatic carbocycles. The molecule has 0 N–H and O–H groups in total. The molecule has 0 aliphatic heterocycles. The number of benzene rings is 9. The molecule has 11 nitrogen and oxygen atoms in total. The molecule has 0 unspecified atom stereocenters. The van der Waals surface area contributed by atoms with Crippen molar-refractivity contribution in [2.75, 3.05) is 14.2 Å². The first-order valence-electron chi connectivity index (χ1n) is 33.6. The topological polar surface area (TPSA) is 75.0 Å².